The van der Waals surface area contributed by atoms with Crippen LogP contribution in [0.25, 0.3) is 11.1 Å². The van der Waals surface area contributed by atoms with Crippen LogP contribution >= 0.6 is 0 Å². The molecule has 2 aromatic rings. The smallest absolute Gasteiger partial charge is 0.230 e. The summed E-state index contributed by atoms with van der Waals surface area (Å²) in [5.74, 6) is -0.123. The van der Waals surface area contributed by atoms with Gasteiger partial charge in [0.25, 0.3) is 0 Å². The number of ether oxygens (including phenoxy) is 1. The lowest BCUT2D eigenvalue weighted by Crippen LogP contribution is -1.97. The number of methoxy groups -OCH3 is 1. The molecule has 2 rings (SSSR count). The number of nitrogen functional groups attached to an aromatic ring is 1. The van der Waals surface area contributed by atoms with E-state index in [-0.39, 0.29) is 11.7 Å². The Bertz CT molecular complexity index is 511. The molecule has 0 aliphatic heterocycles. The van der Waals surface area contributed by atoms with E-state index in [1.807, 2.05) is 0 Å². The van der Waals surface area contributed by atoms with Crippen LogP contribution in [0, 0.1) is 5.82 Å². The molecule has 1 aromatic heterocycles. The fourth-order valence-electron chi connectivity index (χ4n) is 1.66. The van der Waals surface area contributed by atoms with Gasteiger partial charge in [-0.05, 0) is 17.7 Å². The van der Waals surface area contributed by atoms with Crippen LogP contribution in [0.5, 0.6) is 0 Å². The molecule has 0 aliphatic rings. The summed E-state index contributed by atoms with van der Waals surface area (Å²) in [4.78, 5) is 0. The van der Waals surface area contributed by atoms with Crippen molar-refractivity contribution in [2.75, 3.05) is 19.5 Å². The minimum absolute atomic E-state index is 0.196. The van der Waals surface area contributed by atoms with Crippen LogP contribution in [-0.2, 0) is 11.2 Å². The molecule has 0 amide bonds. The van der Waals surface area contributed by atoms with E-state index in [1.54, 1.807) is 19.2 Å². The van der Waals surface area contributed by atoms with Gasteiger partial charge in [-0.25, -0.2) is 4.39 Å². The Morgan fingerprint density at radius 2 is 2.29 bits per heavy atom. The highest BCUT2D eigenvalue weighted by atomic mass is 19.1. The molecule has 0 saturated carbocycles. The molecule has 0 radical (unpaired) electrons. The van der Waals surface area contributed by atoms with E-state index >= 15 is 0 Å². The number of nitrogens with two attached hydrogens (primary N) is 1. The van der Waals surface area contributed by atoms with Crippen molar-refractivity contribution in [3.05, 3.63) is 35.8 Å². The van der Waals surface area contributed by atoms with Gasteiger partial charge >= 0.3 is 0 Å². The summed E-state index contributed by atoms with van der Waals surface area (Å²) in [5, 5.41) is 3.86. The molecule has 0 spiro atoms. The summed E-state index contributed by atoms with van der Waals surface area (Å²) in [5.41, 5.74) is 7.68. The van der Waals surface area contributed by atoms with Gasteiger partial charge in [-0.1, -0.05) is 17.3 Å². The third-order valence-corrected chi connectivity index (χ3v) is 2.45. The number of halogens is 1. The highest BCUT2D eigenvalue weighted by molar-refractivity contribution is 5.75. The molecular formula is C12H13FN2O2. The topological polar surface area (TPSA) is 61.3 Å². The molecule has 5 heteroatoms. The minimum atomic E-state index is -0.319. The van der Waals surface area contributed by atoms with Crippen LogP contribution in [0.3, 0.4) is 0 Å². The Balaban J connectivity index is 2.39. The van der Waals surface area contributed by atoms with Gasteiger partial charge in [0.05, 0.1) is 17.9 Å². The van der Waals surface area contributed by atoms with Gasteiger partial charge in [-0.3, -0.25) is 0 Å². The van der Waals surface area contributed by atoms with Crippen LogP contribution in [0.1, 0.15) is 5.69 Å². The standard InChI is InChI=1S/C12H13FN2O2/c1-16-6-5-10-11(12(14)17-15-10)8-3-2-4-9(13)7-8/h2-4,7H,5-6,14H2,1H3. The predicted molar refractivity (Wildman–Crippen MR) is 61.9 cm³/mol. The molecule has 0 bridgehead atoms. The largest absolute Gasteiger partial charge is 0.384 e. The quantitative estimate of drug-likeness (QED) is 0.884. The van der Waals surface area contributed by atoms with E-state index in [4.69, 9.17) is 15.0 Å². The van der Waals surface area contributed by atoms with Gasteiger partial charge in [-0.15, -0.1) is 0 Å². The zero-order valence-corrected chi connectivity index (χ0v) is 9.44. The molecule has 4 nitrogen and oxygen atoms in total. The fraction of sp³-hybridized carbons (Fsp3) is 0.250. The van der Waals surface area contributed by atoms with Crippen LogP contribution in [0.2, 0.25) is 0 Å². The zero-order valence-electron chi connectivity index (χ0n) is 9.44. The summed E-state index contributed by atoms with van der Waals surface area (Å²) in [6.07, 6.45) is 0.572. The SMILES string of the molecule is COCCc1noc(N)c1-c1cccc(F)c1. The van der Waals surface area contributed by atoms with E-state index in [2.05, 4.69) is 5.16 Å². The molecule has 0 aliphatic carbocycles. The molecule has 1 heterocycles. The summed E-state index contributed by atoms with van der Waals surface area (Å²) < 4.78 is 23.1. The Labute approximate surface area is 98.2 Å². The van der Waals surface area contributed by atoms with Crippen molar-refractivity contribution < 1.29 is 13.7 Å². The molecule has 17 heavy (non-hydrogen) atoms. The third-order valence-electron chi connectivity index (χ3n) is 2.45. The van der Waals surface area contributed by atoms with Gasteiger partial charge < -0.3 is 15.0 Å². The summed E-state index contributed by atoms with van der Waals surface area (Å²) in [7, 11) is 1.60. The molecule has 0 unspecified atom stereocenters. The number of anilines is 1. The number of hydrogen-bond acceptors (Lipinski definition) is 4. The maximum Gasteiger partial charge on any atom is 0.230 e. The number of hydrogen-bond donors (Lipinski definition) is 1. The van der Waals surface area contributed by atoms with E-state index in [0.29, 0.717) is 29.8 Å². The van der Waals surface area contributed by atoms with Crippen molar-refractivity contribution in [3.8, 4) is 11.1 Å². The summed E-state index contributed by atoms with van der Waals surface area (Å²) >= 11 is 0. The first kappa shape index (κ1) is 11.6. The molecule has 2 N–H and O–H groups in total. The predicted octanol–water partition coefficient (Wildman–Crippen LogP) is 2.25. The molecule has 0 atom stereocenters. The molecule has 0 saturated heterocycles. The van der Waals surface area contributed by atoms with Crippen molar-refractivity contribution in [2.45, 2.75) is 6.42 Å². The van der Waals surface area contributed by atoms with Gasteiger partial charge in [0, 0.05) is 13.5 Å². The van der Waals surface area contributed by atoms with E-state index in [1.165, 1.54) is 12.1 Å². The number of benzene rings is 1. The third kappa shape index (κ3) is 2.45. The van der Waals surface area contributed by atoms with Gasteiger partial charge in [0.1, 0.15) is 5.82 Å². The lowest BCUT2D eigenvalue weighted by atomic mass is 10.0. The Morgan fingerprint density at radius 3 is 3.00 bits per heavy atom. The van der Waals surface area contributed by atoms with E-state index in [9.17, 15) is 4.39 Å². The average molecular weight is 236 g/mol. The van der Waals surface area contributed by atoms with Crippen molar-refractivity contribution in [1.82, 2.24) is 5.16 Å². The minimum Gasteiger partial charge on any atom is -0.384 e. The van der Waals surface area contributed by atoms with Crippen LogP contribution in [0.15, 0.2) is 28.8 Å². The maximum absolute atomic E-state index is 13.2. The number of rotatable bonds is 4. The van der Waals surface area contributed by atoms with Crippen molar-refractivity contribution >= 4 is 5.88 Å². The summed E-state index contributed by atoms with van der Waals surface area (Å²) in [6.45, 7) is 0.508. The zero-order chi connectivity index (χ0) is 12.3. The number of nitrogens with zero attached hydrogens (tertiary/aromatic N) is 1. The maximum atomic E-state index is 13.2. The van der Waals surface area contributed by atoms with Crippen LogP contribution < -0.4 is 5.73 Å². The Hall–Kier alpha value is -1.88. The van der Waals surface area contributed by atoms with Crippen molar-refractivity contribution in [3.63, 3.8) is 0 Å². The van der Waals surface area contributed by atoms with Crippen molar-refractivity contribution in [1.29, 1.82) is 0 Å². The first-order chi connectivity index (χ1) is 8.22. The second-order valence-corrected chi connectivity index (χ2v) is 3.62. The van der Waals surface area contributed by atoms with Gasteiger partial charge in [-0.2, -0.15) is 0 Å². The van der Waals surface area contributed by atoms with Crippen LogP contribution in [0.4, 0.5) is 10.3 Å². The fourth-order valence-corrected chi connectivity index (χ4v) is 1.66. The average Bonchev–Trinajstić information content (AvgIpc) is 2.68. The Morgan fingerprint density at radius 1 is 1.47 bits per heavy atom. The molecule has 1 aromatic carbocycles. The summed E-state index contributed by atoms with van der Waals surface area (Å²) in [6, 6.07) is 6.17. The highest BCUT2D eigenvalue weighted by Gasteiger charge is 2.15. The lowest BCUT2D eigenvalue weighted by Gasteiger charge is -2.02. The monoisotopic (exact) mass is 236 g/mol. The molecule has 90 valence electrons. The van der Waals surface area contributed by atoms with Crippen molar-refractivity contribution in [2.24, 2.45) is 0 Å². The van der Waals surface area contributed by atoms with E-state index < -0.39 is 0 Å². The highest BCUT2D eigenvalue weighted by Crippen LogP contribution is 2.30. The second-order valence-electron chi connectivity index (χ2n) is 3.62. The Kier molecular flexibility index (Phi) is 3.39. The normalized spacial score (nSPS) is 10.7. The van der Waals surface area contributed by atoms with Gasteiger partial charge in [0.15, 0.2) is 0 Å². The van der Waals surface area contributed by atoms with Gasteiger partial charge in [0.2, 0.25) is 5.88 Å². The second kappa shape index (κ2) is 4.97. The first-order valence-electron chi connectivity index (χ1n) is 5.21. The molecule has 0 fully saturated rings. The number of aromatic nitrogens is 1. The van der Waals surface area contributed by atoms with Crippen LogP contribution in [-0.4, -0.2) is 18.9 Å². The van der Waals surface area contributed by atoms with E-state index in [0.717, 1.165) is 0 Å². The first-order valence-corrected chi connectivity index (χ1v) is 5.21. The molecular weight excluding hydrogens is 223 g/mol. The lowest BCUT2D eigenvalue weighted by molar-refractivity contribution is 0.200.